The van der Waals surface area contributed by atoms with Crippen molar-refractivity contribution in [3.63, 3.8) is 0 Å². The van der Waals surface area contributed by atoms with Crippen LogP contribution in [0.3, 0.4) is 0 Å². The van der Waals surface area contributed by atoms with E-state index in [0.717, 1.165) is 27.1 Å². The van der Waals surface area contributed by atoms with Crippen LogP contribution in [0.2, 0.25) is 0 Å². The van der Waals surface area contributed by atoms with Crippen LogP contribution < -0.4 is 9.64 Å². The highest BCUT2D eigenvalue weighted by Crippen LogP contribution is 2.28. The molecule has 0 saturated carbocycles. The zero-order chi connectivity index (χ0) is 27.3. The lowest BCUT2D eigenvalue weighted by Crippen LogP contribution is -2.39. The zero-order valence-corrected chi connectivity index (χ0v) is 23.9. The molecule has 0 radical (unpaired) electrons. The molecule has 0 N–H and O–H groups in total. The van der Waals surface area contributed by atoms with Crippen LogP contribution >= 0.6 is 22.6 Å². The standard InChI is InChI=1S/C28H30FIN4O4/c1-28(2,3)38-27(35)34(14-16-37-15-13-30)25-12-10-22(26(29)32-25)19-5-7-20(8-6-19)23-18-33-17-21(36-4)9-11-24(33)31-23/h5-12,17-18H,13-16H2,1-4H3. The van der Waals surface area contributed by atoms with Crippen LogP contribution in [0, 0.1) is 5.95 Å². The molecule has 0 fully saturated rings. The first-order valence-electron chi connectivity index (χ1n) is 12.1. The van der Waals surface area contributed by atoms with Gasteiger partial charge in [-0.05, 0) is 50.6 Å². The molecular formula is C28H30FIN4O4. The summed E-state index contributed by atoms with van der Waals surface area (Å²) >= 11 is 2.21. The van der Waals surface area contributed by atoms with E-state index in [2.05, 4.69) is 32.6 Å². The van der Waals surface area contributed by atoms with Crippen molar-refractivity contribution >= 4 is 40.1 Å². The highest BCUT2D eigenvalue weighted by molar-refractivity contribution is 14.1. The number of rotatable bonds is 9. The van der Waals surface area contributed by atoms with Gasteiger partial charge in [-0.2, -0.15) is 4.39 Å². The predicted octanol–water partition coefficient (Wildman–Crippen LogP) is 6.40. The Labute approximate surface area is 234 Å². The van der Waals surface area contributed by atoms with Gasteiger partial charge in [0.2, 0.25) is 5.95 Å². The van der Waals surface area contributed by atoms with Gasteiger partial charge in [-0.3, -0.25) is 4.90 Å². The Bertz CT molecular complexity index is 1400. The topological polar surface area (TPSA) is 78.2 Å². The summed E-state index contributed by atoms with van der Waals surface area (Å²) in [7, 11) is 1.62. The largest absolute Gasteiger partial charge is 0.495 e. The van der Waals surface area contributed by atoms with Crippen LogP contribution in [-0.4, -0.2) is 57.4 Å². The smallest absolute Gasteiger partial charge is 0.416 e. The number of amides is 1. The van der Waals surface area contributed by atoms with Gasteiger partial charge < -0.3 is 18.6 Å². The van der Waals surface area contributed by atoms with E-state index in [1.54, 1.807) is 40.0 Å². The van der Waals surface area contributed by atoms with E-state index in [0.29, 0.717) is 17.7 Å². The van der Waals surface area contributed by atoms with Gasteiger partial charge in [0.05, 0.1) is 38.8 Å². The predicted molar refractivity (Wildman–Crippen MR) is 154 cm³/mol. The molecule has 3 heterocycles. The van der Waals surface area contributed by atoms with Crippen LogP contribution in [0.5, 0.6) is 5.75 Å². The van der Waals surface area contributed by atoms with Crippen molar-refractivity contribution in [2.75, 3.05) is 36.2 Å². The number of alkyl halides is 1. The summed E-state index contributed by atoms with van der Waals surface area (Å²) < 4.78 is 34.3. The molecule has 10 heteroatoms. The minimum Gasteiger partial charge on any atom is -0.495 e. The monoisotopic (exact) mass is 632 g/mol. The first-order valence-corrected chi connectivity index (χ1v) is 13.7. The molecule has 0 spiro atoms. The molecule has 4 rings (SSSR count). The molecule has 38 heavy (non-hydrogen) atoms. The van der Waals surface area contributed by atoms with Crippen molar-refractivity contribution in [3.8, 4) is 28.1 Å². The number of halogens is 2. The normalized spacial score (nSPS) is 11.5. The minimum atomic E-state index is -0.703. The zero-order valence-electron chi connectivity index (χ0n) is 21.8. The van der Waals surface area contributed by atoms with Gasteiger partial charge in [-0.25, -0.2) is 14.8 Å². The van der Waals surface area contributed by atoms with Crippen molar-refractivity contribution in [1.82, 2.24) is 14.4 Å². The Balaban J connectivity index is 1.55. The van der Waals surface area contributed by atoms with E-state index >= 15 is 4.39 Å². The summed E-state index contributed by atoms with van der Waals surface area (Å²) in [5.41, 5.74) is 2.76. The van der Waals surface area contributed by atoms with E-state index in [-0.39, 0.29) is 19.0 Å². The second-order valence-corrected chi connectivity index (χ2v) is 10.6. The fraction of sp³-hybridized carbons (Fsp3) is 0.321. The summed E-state index contributed by atoms with van der Waals surface area (Å²) in [6.45, 7) is 6.36. The molecule has 4 aromatic rings. The van der Waals surface area contributed by atoms with E-state index in [1.165, 1.54) is 4.90 Å². The van der Waals surface area contributed by atoms with Gasteiger partial charge in [0.15, 0.2) is 0 Å². The van der Waals surface area contributed by atoms with Crippen molar-refractivity contribution in [2.24, 2.45) is 0 Å². The summed E-state index contributed by atoms with van der Waals surface area (Å²) in [6.07, 6.45) is 3.17. The summed E-state index contributed by atoms with van der Waals surface area (Å²) in [5, 5.41) is 0. The SMILES string of the molecule is COc1ccc2nc(-c3ccc(-c4ccc(N(CCOCCI)C(=O)OC(C)(C)C)nc4F)cc3)cn2c1. The maximum absolute atomic E-state index is 15.2. The number of hydrogen-bond donors (Lipinski definition) is 0. The second-order valence-electron chi connectivity index (χ2n) is 9.48. The Morgan fingerprint density at radius 1 is 1.00 bits per heavy atom. The highest BCUT2D eigenvalue weighted by Gasteiger charge is 2.25. The number of pyridine rings is 2. The highest BCUT2D eigenvalue weighted by atomic mass is 127. The fourth-order valence-electron chi connectivity index (χ4n) is 3.77. The van der Waals surface area contributed by atoms with Gasteiger partial charge in [0.1, 0.15) is 22.8 Å². The molecule has 0 aliphatic heterocycles. The van der Waals surface area contributed by atoms with Gasteiger partial charge in [0.25, 0.3) is 0 Å². The van der Waals surface area contributed by atoms with Gasteiger partial charge >= 0.3 is 6.09 Å². The number of fused-ring (bicyclic) bond motifs is 1. The average molecular weight is 632 g/mol. The quantitative estimate of drug-likeness (QED) is 0.0920. The number of nitrogens with zero attached hydrogens (tertiary/aromatic N) is 4. The summed E-state index contributed by atoms with van der Waals surface area (Å²) in [5.74, 6) is 0.216. The third kappa shape index (κ3) is 6.79. The second kappa shape index (κ2) is 12.1. The molecule has 200 valence electrons. The van der Waals surface area contributed by atoms with Crippen LogP contribution in [0.4, 0.5) is 15.0 Å². The number of carbonyl (C=O) groups excluding carboxylic acids is 1. The molecule has 0 saturated heterocycles. The van der Waals surface area contributed by atoms with Gasteiger partial charge in [-0.1, -0.05) is 46.9 Å². The number of anilines is 1. The molecule has 0 bridgehead atoms. The van der Waals surface area contributed by atoms with Crippen molar-refractivity contribution in [1.29, 1.82) is 0 Å². The molecule has 1 aromatic carbocycles. The Hall–Kier alpha value is -3.25. The number of hydrogen-bond acceptors (Lipinski definition) is 6. The molecule has 0 atom stereocenters. The minimum absolute atomic E-state index is 0.162. The van der Waals surface area contributed by atoms with Gasteiger partial charge in [0, 0.05) is 21.8 Å². The number of imidazole rings is 1. The van der Waals surface area contributed by atoms with Crippen molar-refractivity contribution < 1.29 is 23.4 Å². The Kier molecular flexibility index (Phi) is 8.83. The van der Waals surface area contributed by atoms with Crippen molar-refractivity contribution in [2.45, 2.75) is 26.4 Å². The van der Waals surface area contributed by atoms with E-state index < -0.39 is 17.6 Å². The Morgan fingerprint density at radius 2 is 1.74 bits per heavy atom. The summed E-state index contributed by atoms with van der Waals surface area (Å²) in [4.78, 5) is 22.9. The molecule has 0 aliphatic rings. The van der Waals surface area contributed by atoms with E-state index in [1.807, 2.05) is 53.2 Å². The van der Waals surface area contributed by atoms with Crippen LogP contribution in [0.25, 0.3) is 28.0 Å². The molecule has 1 amide bonds. The van der Waals surface area contributed by atoms with Crippen LogP contribution in [0.1, 0.15) is 20.8 Å². The van der Waals surface area contributed by atoms with Gasteiger partial charge in [-0.15, -0.1) is 0 Å². The molecule has 0 unspecified atom stereocenters. The molecule has 0 aliphatic carbocycles. The first-order chi connectivity index (χ1) is 18.2. The average Bonchev–Trinajstić information content (AvgIpc) is 3.31. The van der Waals surface area contributed by atoms with Crippen LogP contribution in [-0.2, 0) is 9.47 Å². The maximum Gasteiger partial charge on any atom is 0.416 e. The number of benzene rings is 1. The molecule has 8 nitrogen and oxygen atoms in total. The molecule has 3 aromatic heterocycles. The van der Waals surface area contributed by atoms with Crippen molar-refractivity contribution in [3.05, 3.63) is 66.9 Å². The third-order valence-electron chi connectivity index (χ3n) is 5.56. The lowest BCUT2D eigenvalue weighted by Gasteiger charge is -2.27. The lowest BCUT2D eigenvalue weighted by molar-refractivity contribution is 0.0562. The van der Waals surface area contributed by atoms with E-state index in [9.17, 15) is 4.79 Å². The Morgan fingerprint density at radius 3 is 2.39 bits per heavy atom. The summed E-state index contributed by atoms with van der Waals surface area (Å²) in [6, 6.07) is 14.4. The van der Waals surface area contributed by atoms with E-state index in [4.69, 9.17) is 14.2 Å². The maximum atomic E-state index is 15.2. The number of aromatic nitrogens is 3. The molecular weight excluding hydrogens is 602 g/mol. The number of carbonyl (C=O) groups is 1. The third-order valence-corrected chi connectivity index (χ3v) is 6.00. The van der Waals surface area contributed by atoms with Crippen LogP contribution in [0.15, 0.2) is 60.9 Å². The number of ether oxygens (including phenoxy) is 3. The fourth-order valence-corrected chi connectivity index (χ4v) is 4.08. The lowest BCUT2D eigenvalue weighted by atomic mass is 10.0. The first kappa shape index (κ1) is 27.8. The number of methoxy groups -OCH3 is 1.